The van der Waals surface area contributed by atoms with Crippen molar-refractivity contribution in [3.63, 3.8) is 0 Å². The highest BCUT2D eigenvalue weighted by atomic mass is 19.3. The zero-order chi connectivity index (χ0) is 9.47. The largest absolute Gasteiger partial charge is 0.338 e. The van der Waals surface area contributed by atoms with Gasteiger partial charge in [0.25, 0.3) is 5.92 Å². The van der Waals surface area contributed by atoms with E-state index in [2.05, 4.69) is 0 Å². The predicted molar refractivity (Wildman–Crippen MR) is 43.4 cm³/mol. The molecule has 0 spiro atoms. The molecule has 2 aliphatic rings. The summed E-state index contributed by atoms with van der Waals surface area (Å²) in [5.74, 6) is -4.13. The van der Waals surface area contributed by atoms with Gasteiger partial charge in [-0.15, -0.1) is 0 Å². The number of nitrogens with zero attached hydrogens (tertiary/aromatic N) is 1. The molecule has 13 heavy (non-hydrogen) atoms. The van der Waals surface area contributed by atoms with Gasteiger partial charge >= 0.3 is 0 Å². The van der Waals surface area contributed by atoms with E-state index < -0.39 is 11.8 Å². The molecule has 1 amide bonds. The average molecular weight is 187 g/mol. The number of hydrogen-bond acceptors (Lipinski definition) is 1. The van der Waals surface area contributed by atoms with Gasteiger partial charge in [-0.05, 0) is 6.42 Å². The molecule has 0 N–H and O–H groups in total. The topological polar surface area (TPSA) is 20.3 Å². The highest BCUT2D eigenvalue weighted by Crippen LogP contribution is 2.49. The number of rotatable bonds is 1. The van der Waals surface area contributed by atoms with Crippen molar-refractivity contribution in [3.8, 4) is 0 Å². The van der Waals surface area contributed by atoms with Crippen molar-refractivity contribution in [2.24, 2.45) is 5.92 Å². The summed E-state index contributed by atoms with van der Waals surface area (Å²) in [4.78, 5) is 12.9. The van der Waals surface area contributed by atoms with Gasteiger partial charge in [0.2, 0.25) is 5.91 Å². The van der Waals surface area contributed by atoms with Gasteiger partial charge in [0.15, 0.2) is 0 Å². The Balaban J connectivity index is 1.95. The van der Waals surface area contributed by atoms with Crippen LogP contribution in [0.25, 0.3) is 0 Å². The van der Waals surface area contributed by atoms with Gasteiger partial charge < -0.3 is 4.90 Å². The maximum absolute atomic E-state index is 12.5. The molecule has 0 saturated heterocycles. The molecule has 1 fully saturated rings. The number of halogens is 2. The van der Waals surface area contributed by atoms with Gasteiger partial charge in [-0.25, -0.2) is 8.78 Å². The van der Waals surface area contributed by atoms with E-state index in [1.54, 1.807) is 0 Å². The van der Waals surface area contributed by atoms with Crippen LogP contribution in [0.4, 0.5) is 8.78 Å². The van der Waals surface area contributed by atoms with Crippen LogP contribution in [0.15, 0.2) is 12.2 Å². The van der Waals surface area contributed by atoms with Crippen molar-refractivity contribution in [1.82, 2.24) is 4.90 Å². The molecule has 0 radical (unpaired) electrons. The number of carbonyl (C=O) groups excluding carboxylic acids is 1. The molecule has 2 rings (SSSR count). The standard InChI is InChI=1S/C9H11F2NO/c10-9(11)6-7(9)8(13)12-4-2-1-3-5-12/h1-2,7H,3-6H2. The van der Waals surface area contributed by atoms with Crippen LogP contribution in [-0.4, -0.2) is 29.8 Å². The Labute approximate surface area is 75.2 Å². The van der Waals surface area contributed by atoms with Gasteiger partial charge in [0.1, 0.15) is 5.92 Å². The lowest BCUT2D eigenvalue weighted by Gasteiger charge is -2.23. The van der Waals surface area contributed by atoms with E-state index in [4.69, 9.17) is 0 Å². The van der Waals surface area contributed by atoms with Crippen molar-refractivity contribution in [1.29, 1.82) is 0 Å². The molecule has 1 atom stereocenters. The minimum Gasteiger partial charge on any atom is -0.338 e. The molecule has 0 aromatic carbocycles. The van der Waals surface area contributed by atoms with Crippen LogP contribution in [0.2, 0.25) is 0 Å². The van der Waals surface area contributed by atoms with E-state index >= 15 is 0 Å². The first kappa shape index (κ1) is 8.66. The second-order valence-electron chi connectivity index (χ2n) is 3.56. The van der Waals surface area contributed by atoms with E-state index in [1.165, 1.54) is 4.90 Å². The van der Waals surface area contributed by atoms with Crippen LogP contribution in [0.3, 0.4) is 0 Å². The summed E-state index contributed by atoms with van der Waals surface area (Å²) in [5.41, 5.74) is 0. The molecule has 72 valence electrons. The Kier molecular flexibility index (Phi) is 1.86. The lowest BCUT2D eigenvalue weighted by Crippen LogP contribution is -2.36. The van der Waals surface area contributed by atoms with Crippen molar-refractivity contribution in [2.45, 2.75) is 18.8 Å². The van der Waals surface area contributed by atoms with Crippen LogP contribution in [-0.2, 0) is 4.79 Å². The normalized spacial score (nSPS) is 30.3. The van der Waals surface area contributed by atoms with E-state index in [0.29, 0.717) is 13.1 Å². The van der Waals surface area contributed by atoms with Gasteiger partial charge in [0, 0.05) is 19.5 Å². The number of alkyl halides is 2. The molecule has 2 nitrogen and oxygen atoms in total. The summed E-state index contributed by atoms with van der Waals surface area (Å²) in [5, 5.41) is 0. The molecule has 1 heterocycles. The Hall–Kier alpha value is -0.930. The van der Waals surface area contributed by atoms with Crippen LogP contribution in [0, 0.1) is 5.92 Å². The van der Waals surface area contributed by atoms with Gasteiger partial charge in [0.05, 0.1) is 0 Å². The first-order chi connectivity index (χ1) is 6.11. The number of amides is 1. The zero-order valence-electron chi connectivity index (χ0n) is 7.17. The first-order valence-electron chi connectivity index (χ1n) is 4.43. The molecule has 0 aromatic heterocycles. The Bertz CT molecular complexity index is 262. The van der Waals surface area contributed by atoms with Crippen LogP contribution >= 0.6 is 0 Å². The second kappa shape index (κ2) is 2.79. The van der Waals surface area contributed by atoms with Crippen molar-refractivity contribution >= 4 is 5.91 Å². The summed E-state index contributed by atoms with van der Waals surface area (Å²) in [7, 11) is 0. The zero-order valence-corrected chi connectivity index (χ0v) is 7.17. The van der Waals surface area contributed by atoms with E-state index in [0.717, 1.165) is 6.42 Å². The fraction of sp³-hybridized carbons (Fsp3) is 0.667. The summed E-state index contributed by atoms with van der Waals surface area (Å²) in [6.07, 6.45) is 4.34. The fourth-order valence-electron chi connectivity index (χ4n) is 1.54. The van der Waals surface area contributed by atoms with E-state index in [9.17, 15) is 13.6 Å². The summed E-state index contributed by atoms with van der Waals surface area (Å²) < 4.78 is 25.1. The molecule has 1 aliphatic heterocycles. The van der Waals surface area contributed by atoms with Crippen LogP contribution in [0.5, 0.6) is 0 Å². The predicted octanol–water partition coefficient (Wildman–Crippen LogP) is 1.43. The third-order valence-corrected chi connectivity index (χ3v) is 2.49. The lowest BCUT2D eigenvalue weighted by atomic mass is 10.2. The lowest BCUT2D eigenvalue weighted by molar-refractivity contribution is -0.134. The highest BCUT2D eigenvalue weighted by Gasteiger charge is 2.62. The minimum atomic E-state index is -2.72. The summed E-state index contributed by atoms with van der Waals surface area (Å²) in [6.45, 7) is 1.08. The minimum absolute atomic E-state index is 0.258. The maximum Gasteiger partial charge on any atom is 0.260 e. The molecular formula is C9H11F2NO. The monoisotopic (exact) mass is 187 g/mol. The molecular weight excluding hydrogens is 176 g/mol. The number of hydrogen-bond donors (Lipinski definition) is 0. The third-order valence-electron chi connectivity index (χ3n) is 2.49. The van der Waals surface area contributed by atoms with E-state index in [1.807, 2.05) is 12.2 Å². The van der Waals surface area contributed by atoms with Crippen molar-refractivity contribution < 1.29 is 13.6 Å². The Morgan fingerprint density at radius 2 is 2.15 bits per heavy atom. The molecule has 0 aromatic rings. The van der Waals surface area contributed by atoms with Crippen LogP contribution in [0.1, 0.15) is 12.8 Å². The molecule has 1 aliphatic carbocycles. The molecule has 1 saturated carbocycles. The van der Waals surface area contributed by atoms with Crippen molar-refractivity contribution in [2.75, 3.05) is 13.1 Å². The second-order valence-corrected chi connectivity index (χ2v) is 3.56. The molecule has 1 unspecified atom stereocenters. The van der Waals surface area contributed by atoms with Gasteiger partial charge in [-0.3, -0.25) is 4.79 Å². The summed E-state index contributed by atoms with van der Waals surface area (Å²) >= 11 is 0. The van der Waals surface area contributed by atoms with E-state index in [-0.39, 0.29) is 12.3 Å². The third kappa shape index (κ3) is 1.57. The highest BCUT2D eigenvalue weighted by molar-refractivity contribution is 5.83. The van der Waals surface area contributed by atoms with Crippen LogP contribution < -0.4 is 0 Å². The number of carbonyl (C=O) groups is 1. The average Bonchev–Trinajstić information content (AvgIpc) is 2.76. The Morgan fingerprint density at radius 1 is 1.46 bits per heavy atom. The molecule has 4 heteroatoms. The Morgan fingerprint density at radius 3 is 2.62 bits per heavy atom. The summed E-state index contributed by atoms with van der Waals surface area (Å²) in [6, 6.07) is 0. The van der Waals surface area contributed by atoms with Gasteiger partial charge in [-0.2, -0.15) is 0 Å². The quantitative estimate of drug-likeness (QED) is 0.569. The fourth-order valence-corrected chi connectivity index (χ4v) is 1.54. The van der Waals surface area contributed by atoms with Gasteiger partial charge in [-0.1, -0.05) is 12.2 Å². The first-order valence-corrected chi connectivity index (χ1v) is 4.43. The smallest absolute Gasteiger partial charge is 0.260 e. The van der Waals surface area contributed by atoms with Crippen molar-refractivity contribution in [3.05, 3.63) is 12.2 Å². The SMILES string of the molecule is O=C(C1CC1(F)F)N1CC=CCC1. The maximum atomic E-state index is 12.5. The molecule has 0 bridgehead atoms.